The van der Waals surface area contributed by atoms with E-state index in [-0.39, 0.29) is 26.3 Å². The lowest BCUT2D eigenvalue weighted by Crippen LogP contribution is -2.64. The average molecular weight is 345 g/mol. The number of ether oxygens (including phenoxy) is 2. The number of likely N-dealkylation sites (tertiary alicyclic amines) is 1. The van der Waals surface area contributed by atoms with Gasteiger partial charge in [-0.3, -0.25) is 4.52 Å². The molecule has 2 bridgehead atoms. The summed E-state index contributed by atoms with van der Waals surface area (Å²) >= 11 is 0. The smallest absolute Gasteiger partial charge is 0.328 e. The summed E-state index contributed by atoms with van der Waals surface area (Å²) in [6.45, 7) is 1.03. The second kappa shape index (κ2) is 5.04. The van der Waals surface area contributed by atoms with Crippen molar-refractivity contribution < 1.29 is 18.6 Å². The molecule has 1 fully saturated rings. The molecule has 126 valence electrons. The van der Waals surface area contributed by atoms with Crippen LogP contribution in [0.3, 0.4) is 0 Å². The van der Waals surface area contributed by atoms with Crippen LogP contribution in [0.1, 0.15) is 17.5 Å². The van der Waals surface area contributed by atoms with Gasteiger partial charge in [0.1, 0.15) is 12.2 Å². The van der Waals surface area contributed by atoms with E-state index < -0.39 is 0 Å². The fourth-order valence-electron chi connectivity index (χ4n) is 5.51. The summed E-state index contributed by atoms with van der Waals surface area (Å²) in [5.41, 5.74) is 2.56. The van der Waals surface area contributed by atoms with E-state index in [4.69, 9.17) is 14.0 Å². The van der Waals surface area contributed by atoms with Gasteiger partial charge in [-0.2, -0.15) is 0 Å². The lowest BCUT2D eigenvalue weighted by molar-refractivity contribution is -0.0356. The zero-order valence-corrected chi connectivity index (χ0v) is 14.7. The minimum absolute atomic E-state index is 0.0985. The molecular weight excluding hydrogens is 325 g/mol. The van der Waals surface area contributed by atoms with Crippen molar-refractivity contribution in [2.45, 2.75) is 36.5 Å². The van der Waals surface area contributed by atoms with Gasteiger partial charge in [0.05, 0.1) is 7.11 Å². The fourth-order valence-corrected chi connectivity index (χ4v) is 5.79. The summed E-state index contributed by atoms with van der Waals surface area (Å²) in [6.07, 6.45) is 5.91. The van der Waals surface area contributed by atoms with Crippen LogP contribution < -0.4 is 9.47 Å². The maximum Gasteiger partial charge on any atom is 0.328 e. The summed E-state index contributed by atoms with van der Waals surface area (Å²) in [7, 11) is 3.59. The van der Waals surface area contributed by atoms with Gasteiger partial charge in [-0.1, -0.05) is 18.2 Å². The zero-order valence-electron chi connectivity index (χ0n) is 13.8. The molecule has 4 aliphatic rings. The second-order valence-corrected chi connectivity index (χ2v) is 7.63. The van der Waals surface area contributed by atoms with Crippen molar-refractivity contribution in [3.63, 3.8) is 0 Å². The van der Waals surface area contributed by atoms with Gasteiger partial charge in [0.15, 0.2) is 11.5 Å². The molecule has 2 aliphatic carbocycles. The molecule has 0 unspecified atom stereocenters. The lowest BCUT2D eigenvalue weighted by atomic mass is 9.53. The predicted molar refractivity (Wildman–Crippen MR) is 88.9 cm³/mol. The molecule has 5 atom stereocenters. The highest BCUT2D eigenvalue weighted by molar-refractivity contribution is 7.17. The van der Waals surface area contributed by atoms with Gasteiger partial charge in [-0.15, -0.1) is 0 Å². The molecule has 5 nitrogen and oxygen atoms in total. The first-order valence-electron chi connectivity index (χ1n) is 8.44. The number of methoxy groups -OCH3 is 1. The van der Waals surface area contributed by atoms with Crippen LogP contribution in [0.2, 0.25) is 0 Å². The standard InChI is InChI=1S/C18H20NO4P/c1-19-8-7-18-11-4-6-14(23-24-20)17(18)22-16-13(21-2)5-3-10(15(16)18)9-12(11)19/h3-6,11-12,14,17H,7-9H2,1-2H3/t11-,12+,14-,17-,18-/m0/s1. The van der Waals surface area contributed by atoms with Crippen molar-refractivity contribution in [3.05, 3.63) is 35.4 Å². The van der Waals surface area contributed by atoms with Gasteiger partial charge in [0.2, 0.25) is 0 Å². The molecule has 24 heavy (non-hydrogen) atoms. The number of piperidine rings is 1. The molecule has 1 aromatic carbocycles. The summed E-state index contributed by atoms with van der Waals surface area (Å²) in [5, 5.41) is 0. The molecule has 1 saturated heterocycles. The first-order chi connectivity index (χ1) is 11.7. The molecule has 0 radical (unpaired) electrons. The molecular formula is C18H20NO4P. The van der Waals surface area contributed by atoms with Crippen molar-refractivity contribution >= 4 is 8.69 Å². The van der Waals surface area contributed by atoms with E-state index in [1.165, 1.54) is 11.1 Å². The quantitative estimate of drug-likeness (QED) is 0.623. The van der Waals surface area contributed by atoms with Crippen molar-refractivity contribution in [2.75, 3.05) is 20.7 Å². The Kier molecular flexibility index (Phi) is 3.13. The number of rotatable bonds is 3. The normalized spacial score (nSPS) is 38.8. The Hall–Kier alpha value is -1.42. The van der Waals surface area contributed by atoms with Crippen LogP contribution in [0.15, 0.2) is 24.3 Å². The molecule has 1 aromatic rings. The third-order valence-electron chi connectivity index (χ3n) is 6.50. The molecule has 0 aromatic heterocycles. The van der Waals surface area contributed by atoms with E-state index in [9.17, 15) is 4.57 Å². The summed E-state index contributed by atoms with van der Waals surface area (Å²) in [5.74, 6) is 2.05. The number of nitrogens with zero attached hydrogens (tertiary/aromatic N) is 1. The number of hydrogen-bond acceptors (Lipinski definition) is 5. The van der Waals surface area contributed by atoms with Crippen LogP contribution in [0.5, 0.6) is 11.5 Å². The van der Waals surface area contributed by atoms with E-state index in [2.05, 4.69) is 24.1 Å². The predicted octanol–water partition coefficient (Wildman–Crippen LogP) is 2.73. The maximum absolute atomic E-state index is 11.1. The van der Waals surface area contributed by atoms with Crippen molar-refractivity contribution in [1.29, 1.82) is 0 Å². The van der Waals surface area contributed by atoms with E-state index in [1.54, 1.807) is 7.11 Å². The molecule has 5 rings (SSSR count). The first kappa shape index (κ1) is 14.9. The van der Waals surface area contributed by atoms with E-state index >= 15 is 0 Å². The Morgan fingerprint density at radius 1 is 1.38 bits per heavy atom. The van der Waals surface area contributed by atoms with Crippen LogP contribution in [0.25, 0.3) is 0 Å². The Bertz CT molecular complexity index is 751. The monoisotopic (exact) mass is 345 g/mol. The Labute approximate surface area is 142 Å². The molecule has 2 aliphatic heterocycles. The van der Waals surface area contributed by atoms with E-state index in [1.807, 2.05) is 12.1 Å². The number of benzene rings is 1. The first-order valence-corrected chi connectivity index (χ1v) is 9.18. The average Bonchev–Trinajstić information content (AvgIpc) is 2.94. The highest BCUT2D eigenvalue weighted by Gasteiger charge is 2.64. The van der Waals surface area contributed by atoms with Gasteiger partial charge in [0.25, 0.3) is 0 Å². The van der Waals surface area contributed by atoms with Gasteiger partial charge in [-0.05, 0) is 38.1 Å². The van der Waals surface area contributed by atoms with Crippen molar-refractivity contribution in [2.24, 2.45) is 5.92 Å². The number of likely N-dealkylation sites (N-methyl/N-ethyl adjacent to an activating group) is 1. The van der Waals surface area contributed by atoms with E-state index in [0.717, 1.165) is 30.9 Å². The van der Waals surface area contributed by atoms with Gasteiger partial charge in [0, 0.05) is 22.9 Å². The summed E-state index contributed by atoms with van der Waals surface area (Å²) in [4.78, 5) is 2.47. The van der Waals surface area contributed by atoms with Crippen molar-refractivity contribution in [3.8, 4) is 11.5 Å². The fraction of sp³-hybridized carbons (Fsp3) is 0.556. The van der Waals surface area contributed by atoms with Crippen LogP contribution in [0.4, 0.5) is 0 Å². The molecule has 6 heteroatoms. The van der Waals surface area contributed by atoms with Crippen LogP contribution in [0, 0.1) is 5.92 Å². The zero-order chi connectivity index (χ0) is 16.5. The molecule has 2 heterocycles. The highest BCUT2D eigenvalue weighted by atomic mass is 31.1. The Morgan fingerprint density at radius 2 is 2.25 bits per heavy atom. The minimum Gasteiger partial charge on any atom is -0.493 e. The van der Waals surface area contributed by atoms with Crippen LogP contribution in [-0.4, -0.2) is 43.9 Å². The minimum atomic E-state index is -0.303. The topological polar surface area (TPSA) is 48.0 Å². The van der Waals surface area contributed by atoms with Crippen LogP contribution in [-0.2, 0) is 20.9 Å². The van der Waals surface area contributed by atoms with Gasteiger partial charge >= 0.3 is 8.69 Å². The van der Waals surface area contributed by atoms with Gasteiger partial charge in [-0.25, -0.2) is 4.57 Å². The Morgan fingerprint density at radius 3 is 3.04 bits per heavy atom. The highest BCUT2D eigenvalue weighted by Crippen LogP contribution is 2.62. The molecule has 0 amide bonds. The summed E-state index contributed by atoms with van der Waals surface area (Å²) in [6, 6.07) is 4.67. The molecule has 0 N–H and O–H groups in total. The Balaban J connectivity index is 1.77. The number of hydrogen-bond donors (Lipinski definition) is 0. The third-order valence-corrected chi connectivity index (χ3v) is 6.83. The van der Waals surface area contributed by atoms with E-state index in [0.29, 0.717) is 12.0 Å². The van der Waals surface area contributed by atoms with Crippen molar-refractivity contribution in [1.82, 2.24) is 4.90 Å². The summed E-state index contributed by atoms with van der Waals surface area (Å²) < 4.78 is 28.6. The SMILES string of the molecule is COc1ccc2c3c1O[C@H]1[C@@H](OP=O)C=C[C@H]4[C@@H](C2)N(C)CC[C@@]341. The molecule has 0 saturated carbocycles. The van der Waals surface area contributed by atoms with Crippen LogP contribution >= 0.6 is 8.69 Å². The molecule has 1 spiro atoms. The lowest BCUT2D eigenvalue weighted by Gasteiger charge is -2.56. The largest absolute Gasteiger partial charge is 0.493 e. The third kappa shape index (κ3) is 1.63. The van der Waals surface area contributed by atoms with Gasteiger partial charge < -0.3 is 14.4 Å². The second-order valence-electron chi connectivity index (χ2n) is 7.27. The maximum atomic E-state index is 11.1.